The molecule has 0 amide bonds. The van der Waals surface area contributed by atoms with Gasteiger partial charge in [0, 0.05) is 38.8 Å². The zero-order chi connectivity index (χ0) is 22.3. The number of rotatable bonds is 5. The van der Waals surface area contributed by atoms with Crippen molar-refractivity contribution in [2.45, 2.75) is 58.1 Å². The van der Waals surface area contributed by atoms with Crippen LogP contribution in [0.3, 0.4) is 0 Å². The summed E-state index contributed by atoms with van der Waals surface area (Å²) in [6.45, 7) is 10.7. The molecule has 3 heterocycles. The Kier molecular flexibility index (Phi) is 6.44. The van der Waals surface area contributed by atoms with Crippen molar-refractivity contribution in [3.05, 3.63) is 18.0 Å². The predicted octanol–water partition coefficient (Wildman–Crippen LogP) is 2.77. The lowest BCUT2D eigenvalue weighted by Crippen LogP contribution is -2.49. The second-order valence-corrected chi connectivity index (χ2v) is 9.01. The van der Waals surface area contributed by atoms with Crippen molar-refractivity contribution in [3.63, 3.8) is 0 Å². The van der Waals surface area contributed by atoms with E-state index < -0.39 is 31.0 Å². The molecule has 1 atom stereocenters. The molecule has 0 saturated carbocycles. The zero-order valence-corrected chi connectivity index (χ0v) is 18.5. The lowest BCUT2D eigenvalue weighted by atomic mass is 9.76. The molecule has 2 aliphatic rings. The maximum absolute atomic E-state index is 12.7. The zero-order valence-electron chi connectivity index (χ0n) is 18.5. The van der Waals surface area contributed by atoms with E-state index in [1.165, 1.54) is 4.90 Å². The van der Waals surface area contributed by atoms with Gasteiger partial charge < -0.3 is 18.9 Å². The van der Waals surface area contributed by atoms with Crippen LogP contribution < -0.4 is 10.4 Å². The molecule has 10 heteroatoms. The summed E-state index contributed by atoms with van der Waals surface area (Å²) in [5, 5.41) is 0. The van der Waals surface area contributed by atoms with Crippen LogP contribution in [0.25, 0.3) is 0 Å². The first-order valence-corrected chi connectivity index (χ1v) is 10.3. The van der Waals surface area contributed by atoms with Crippen molar-refractivity contribution in [1.82, 2.24) is 9.88 Å². The van der Waals surface area contributed by atoms with Gasteiger partial charge in [0.15, 0.2) is 0 Å². The SMILES string of the molecule is CO[C@@H](C)c1ncc(N2CCN(CC(F)(F)F)CC2)cc1B1OC(C)(C)C(C)(C)O1. The molecular formula is C20H31BF3N3O3. The Bertz CT molecular complexity index is 737. The molecule has 2 aliphatic heterocycles. The Balaban J connectivity index is 1.82. The molecule has 0 radical (unpaired) electrons. The van der Waals surface area contributed by atoms with E-state index >= 15 is 0 Å². The monoisotopic (exact) mass is 429 g/mol. The highest BCUT2D eigenvalue weighted by molar-refractivity contribution is 6.62. The van der Waals surface area contributed by atoms with Gasteiger partial charge in [-0.25, -0.2) is 0 Å². The molecule has 6 nitrogen and oxygen atoms in total. The fourth-order valence-corrected chi connectivity index (χ4v) is 3.68. The smallest absolute Gasteiger partial charge is 0.399 e. The number of nitrogens with zero attached hydrogens (tertiary/aromatic N) is 3. The van der Waals surface area contributed by atoms with E-state index in [1.54, 1.807) is 13.3 Å². The van der Waals surface area contributed by atoms with E-state index in [4.69, 9.17) is 14.0 Å². The van der Waals surface area contributed by atoms with Gasteiger partial charge in [0.2, 0.25) is 0 Å². The third-order valence-corrected chi connectivity index (χ3v) is 6.32. The molecule has 0 unspecified atom stereocenters. The van der Waals surface area contributed by atoms with Crippen molar-refractivity contribution >= 4 is 18.3 Å². The summed E-state index contributed by atoms with van der Waals surface area (Å²) >= 11 is 0. The van der Waals surface area contributed by atoms with Gasteiger partial charge in [0.05, 0.1) is 41.4 Å². The maximum atomic E-state index is 12.7. The van der Waals surface area contributed by atoms with Crippen LogP contribution in [-0.4, -0.2) is 74.2 Å². The minimum absolute atomic E-state index is 0.253. The van der Waals surface area contributed by atoms with Gasteiger partial charge in [0.25, 0.3) is 0 Å². The number of piperazine rings is 1. The lowest BCUT2D eigenvalue weighted by molar-refractivity contribution is -0.146. The topological polar surface area (TPSA) is 47.1 Å². The molecule has 2 saturated heterocycles. The quantitative estimate of drug-likeness (QED) is 0.672. The minimum atomic E-state index is -4.18. The molecule has 0 aliphatic carbocycles. The van der Waals surface area contributed by atoms with Gasteiger partial charge in [0.1, 0.15) is 0 Å². The van der Waals surface area contributed by atoms with Gasteiger partial charge >= 0.3 is 13.3 Å². The summed E-state index contributed by atoms with van der Waals surface area (Å²) in [6, 6.07) is 1.97. The van der Waals surface area contributed by atoms with Gasteiger partial charge in [-0.3, -0.25) is 9.88 Å². The van der Waals surface area contributed by atoms with E-state index in [0.29, 0.717) is 26.2 Å². The van der Waals surface area contributed by atoms with Crippen LogP contribution in [0.2, 0.25) is 0 Å². The number of aromatic nitrogens is 1. The predicted molar refractivity (Wildman–Crippen MR) is 110 cm³/mol. The number of pyridine rings is 1. The van der Waals surface area contributed by atoms with Gasteiger partial charge in [-0.1, -0.05) is 0 Å². The van der Waals surface area contributed by atoms with Crippen molar-refractivity contribution in [1.29, 1.82) is 0 Å². The average Bonchev–Trinajstić information content (AvgIpc) is 2.87. The van der Waals surface area contributed by atoms with Gasteiger partial charge in [-0.15, -0.1) is 0 Å². The van der Waals surface area contributed by atoms with Crippen LogP contribution in [0, 0.1) is 0 Å². The van der Waals surface area contributed by atoms with Crippen molar-refractivity contribution in [2.75, 3.05) is 44.7 Å². The summed E-state index contributed by atoms with van der Waals surface area (Å²) < 4.78 is 55.9. The number of alkyl halides is 3. The first-order valence-electron chi connectivity index (χ1n) is 10.3. The first-order chi connectivity index (χ1) is 13.8. The van der Waals surface area contributed by atoms with Crippen LogP contribution in [-0.2, 0) is 14.0 Å². The fourth-order valence-electron chi connectivity index (χ4n) is 3.68. The molecule has 0 bridgehead atoms. The molecule has 30 heavy (non-hydrogen) atoms. The van der Waals surface area contributed by atoms with E-state index in [9.17, 15) is 13.2 Å². The Morgan fingerprint density at radius 1 is 1.13 bits per heavy atom. The molecule has 3 rings (SSSR count). The standard InChI is InChI=1S/C20H31BF3N3O3/c1-14(28-6)17-16(21-29-18(2,3)19(4,5)30-21)11-15(12-25-17)27-9-7-26(8-10-27)13-20(22,23)24/h11-12,14H,7-10,13H2,1-6H3/t14-/m0/s1. The Morgan fingerprint density at radius 3 is 2.20 bits per heavy atom. The van der Waals surface area contributed by atoms with Crippen LogP contribution in [0.1, 0.15) is 46.4 Å². The van der Waals surface area contributed by atoms with Gasteiger partial charge in [-0.05, 0) is 40.7 Å². The maximum Gasteiger partial charge on any atom is 0.496 e. The van der Waals surface area contributed by atoms with Crippen molar-refractivity contribution in [2.24, 2.45) is 0 Å². The van der Waals surface area contributed by atoms with E-state index in [0.717, 1.165) is 16.8 Å². The second kappa shape index (κ2) is 8.29. The minimum Gasteiger partial charge on any atom is -0.399 e. The van der Waals surface area contributed by atoms with Crippen molar-refractivity contribution < 1.29 is 27.2 Å². The largest absolute Gasteiger partial charge is 0.496 e. The number of hydrogen-bond acceptors (Lipinski definition) is 6. The summed E-state index contributed by atoms with van der Waals surface area (Å²) in [5.41, 5.74) is 1.38. The number of halogens is 3. The number of anilines is 1. The molecule has 168 valence electrons. The highest BCUT2D eigenvalue weighted by atomic mass is 19.4. The Morgan fingerprint density at radius 2 is 1.70 bits per heavy atom. The molecule has 1 aromatic rings. The lowest BCUT2D eigenvalue weighted by Gasteiger charge is -2.36. The molecule has 2 fully saturated rings. The van der Waals surface area contributed by atoms with E-state index in [-0.39, 0.29) is 6.10 Å². The molecule has 0 spiro atoms. The number of methoxy groups -OCH3 is 1. The highest BCUT2D eigenvalue weighted by Gasteiger charge is 2.52. The first kappa shape index (κ1) is 23.3. The molecule has 0 N–H and O–H groups in total. The van der Waals surface area contributed by atoms with E-state index in [2.05, 4.69) is 9.88 Å². The fraction of sp³-hybridized carbons (Fsp3) is 0.750. The summed E-state index contributed by atoms with van der Waals surface area (Å²) in [7, 11) is 1.02. The third-order valence-electron chi connectivity index (χ3n) is 6.32. The van der Waals surface area contributed by atoms with Crippen LogP contribution in [0.15, 0.2) is 12.3 Å². The van der Waals surface area contributed by atoms with Crippen LogP contribution >= 0.6 is 0 Å². The summed E-state index contributed by atoms with van der Waals surface area (Å²) in [5.74, 6) is 0. The number of hydrogen-bond donors (Lipinski definition) is 0. The summed E-state index contributed by atoms with van der Waals surface area (Å²) in [4.78, 5) is 8.11. The van der Waals surface area contributed by atoms with Crippen molar-refractivity contribution in [3.8, 4) is 0 Å². The van der Waals surface area contributed by atoms with Crippen LogP contribution in [0.5, 0.6) is 0 Å². The molecule has 0 aromatic carbocycles. The summed E-state index contributed by atoms with van der Waals surface area (Å²) in [6.07, 6.45) is -2.68. The van der Waals surface area contributed by atoms with E-state index in [1.807, 2.05) is 40.7 Å². The van der Waals surface area contributed by atoms with Crippen LogP contribution in [0.4, 0.5) is 18.9 Å². The van der Waals surface area contributed by atoms with Gasteiger partial charge in [-0.2, -0.15) is 13.2 Å². The second-order valence-electron chi connectivity index (χ2n) is 9.01. The Hall–Kier alpha value is -1.36. The molecule has 1 aromatic heterocycles. The highest BCUT2D eigenvalue weighted by Crippen LogP contribution is 2.37. The Labute approximate surface area is 176 Å². The normalized spacial score (nSPS) is 23.1. The number of ether oxygens (including phenoxy) is 1. The molecular weight excluding hydrogens is 398 g/mol. The third kappa shape index (κ3) is 4.93. The average molecular weight is 429 g/mol.